The summed E-state index contributed by atoms with van der Waals surface area (Å²) in [5.74, 6) is -0.742. The number of esters is 1. The number of carbonyl (C=O) groups excluding carboxylic acids is 3. The topological polar surface area (TPSA) is 84.5 Å². The maximum Gasteiger partial charge on any atom is 0.308 e. The standard InChI is InChI=1S/C22H32N2O4/c1-14(2)28-20(25)13-19(17-11-9-15(3)10-12-17)24-21(26)16(4)23-22(27)18-7-5-6-8-18/h9-12,14,16,18-19H,5-8,13H2,1-4H3,(H,23,27)(H,24,26)/t16-,19+/m1/s1. The third-order valence-electron chi connectivity index (χ3n) is 5.01. The minimum Gasteiger partial charge on any atom is -0.463 e. The smallest absolute Gasteiger partial charge is 0.308 e. The van der Waals surface area contributed by atoms with Gasteiger partial charge in [0.05, 0.1) is 18.6 Å². The molecular weight excluding hydrogens is 356 g/mol. The van der Waals surface area contributed by atoms with E-state index in [-0.39, 0.29) is 36.2 Å². The molecule has 1 aliphatic carbocycles. The van der Waals surface area contributed by atoms with E-state index in [0.29, 0.717) is 0 Å². The van der Waals surface area contributed by atoms with Crippen molar-refractivity contribution in [2.24, 2.45) is 5.92 Å². The maximum atomic E-state index is 12.7. The molecule has 0 heterocycles. The van der Waals surface area contributed by atoms with Gasteiger partial charge in [-0.25, -0.2) is 0 Å². The van der Waals surface area contributed by atoms with Crippen molar-refractivity contribution in [3.8, 4) is 0 Å². The van der Waals surface area contributed by atoms with E-state index in [2.05, 4.69) is 10.6 Å². The Labute approximate surface area is 167 Å². The number of nitrogens with one attached hydrogen (secondary N) is 2. The van der Waals surface area contributed by atoms with Crippen molar-refractivity contribution < 1.29 is 19.1 Å². The number of carbonyl (C=O) groups is 3. The first-order valence-corrected chi connectivity index (χ1v) is 10.1. The lowest BCUT2D eigenvalue weighted by Gasteiger charge is -2.23. The number of hydrogen-bond acceptors (Lipinski definition) is 4. The molecule has 0 spiro atoms. The second-order valence-corrected chi connectivity index (χ2v) is 7.93. The molecule has 0 saturated heterocycles. The molecule has 154 valence electrons. The lowest BCUT2D eigenvalue weighted by molar-refractivity contribution is -0.148. The molecule has 6 heteroatoms. The first kappa shape index (κ1) is 21.9. The monoisotopic (exact) mass is 388 g/mol. The van der Waals surface area contributed by atoms with Crippen molar-refractivity contribution in [3.63, 3.8) is 0 Å². The van der Waals surface area contributed by atoms with Gasteiger partial charge in [-0.05, 0) is 46.1 Å². The number of benzene rings is 1. The molecule has 1 fully saturated rings. The normalized spacial score (nSPS) is 16.5. The summed E-state index contributed by atoms with van der Waals surface area (Å²) in [6.07, 6.45) is 3.71. The van der Waals surface area contributed by atoms with Crippen LogP contribution in [0.25, 0.3) is 0 Å². The second-order valence-electron chi connectivity index (χ2n) is 7.93. The molecule has 0 aromatic heterocycles. The fraction of sp³-hybridized carbons (Fsp3) is 0.591. The van der Waals surface area contributed by atoms with Gasteiger partial charge < -0.3 is 15.4 Å². The van der Waals surface area contributed by atoms with Gasteiger partial charge in [-0.15, -0.1) is 0 Å². The van der Waals surface area contributed by atoms with Gasteiger partial charge in [-0.3, -0.25) is 14.4 Å². The molecule has 1 aromatic carbocycles. The Hall–Kier alpha value is -2.37. The van der Waals surface area contributed by atoms with Crippen LogP contribution in [0.5, 0.6) is 0 Å². The van der Waals surface area contributed by atoms with E-state index in [0.717, 1.165) is 36.8 Å². The Bertz CT molecular complexity index is 678. The largest absolute Gasteiger partial charge is 0.463 e. The zero-order valence-corrected chi connectivity index (χ0v) is 17.3. The van der Waals surface area contributed by atoms with E-state index in [1.807, 2.05) is 31.2 Å². The van der Waals surface area contributed by atoms with Gasteiger partial charge in [-0.2, -0.15) is 0 Å². The van der Waals surface area contributed by atoms with Crippen LogP contribution in [0.3, 0.4) is 0 Å². The van der Waals surface area contributed by atoms with Crippen molar-refractivity contribution in [2.45, 2.75) is 78.0 Å². The van der Waals surface area contributed by atoms with Crippen LogP contribution < -0.4 is 10.6 Å². The molecule has 2 N–H and O–H groups in total. The molecule has 6 nitrogen and oxygen atoms in total. The number of aryl methyl sites for hydroxylation is 1. The van der Waals surface area contributed by atoms with Gasteiger partial charge in [0.15, 0.2) is 0 Å². The molecule has 2 rings (SSSR count). The molecule has 0 radical (unpaired) electrons. The van der Waals surface area contributed by atoms with Crippen LogP contribution >= 0.6 is 0 Å². The van der Waals surface area contributed by atoms with Crippen LogP contribution in [0.2, 0.25) is 0 Å². The van der Waals surface area contributed by atoms with E-state index in [1.54, 1.807) is 20.8 Å². The summed E-state index contributed by atoms with van der Waals surface area (Å²) in [7, 11) is 0. The predicted molar refractivity (Wildman–Crippen MR) is 107 cm³/mol. The van der Waals surface area contributed by atoms with Crippen LogP contribution in [0, 0.1) is 12.8 Å². The Morgan fingerprint density at radius 1 is 1.04 bits per heavy atom. The summed E-state index contributed by atoms with van der Waals surface area (Å²) in [6, 6.07) is 6.49. The summed E-state index contributed by atoms with van der Waals surface area (Å²) < 4.78 is 5.24. The van der Waals surface area contributed by atoms with Crippen molar-refractivity contribution in [2.75, 3.05) is 0 Å². The molecular formula is C22H32N2O4. The van der Waals surface area contributed by atoms with Gasteiger partial charge in [0.2, 0.25) is 11.8 Å². The van der Waals surface area contributed by atoms with Gasteiger partial charge in [0, 0.05) is 5.92 Å². The Balaban J connectivity index is 2.02. The molecule has 0 bridgehead atoms. The molecule has 1 aromatic rings. The fourth-order valence-electron chi connectivity index (χ4n) is 3.41. The third kappa shape index (κ3) is 6.66. The molecule has 1 saturated carbocycles. The first-order chi connectivity index (χ1) is 13.3. The maximum absolute atomic E-state index is 12.7. The molecule has 2 amide bonds. The SMILES string of the molecule is Cc1ccc([C@H](CC(=O)OC(C)C)NC(=O)[C@@H](C)NC(=O)C2CCCC2)cc1. The summed E-state index contributed by atoms with van der Waals surface area (Å²) in [4.78, 5) is 37.1. The van der Waals surface area contributed by atoms with E-state index >= 15 is 0 Å². The van der Waals surface area contributed by atoms with E-state index in [9.17, 15) is 14.4 Å². The zero-order valence-electron chi connectivity index (χ0n) is 17.3. The Morgan fingerprint density at radius 2 is 1.64 bits per heavy atom. The lowest BCUT2D eigenvalue weighted by atomic mass is 10.0. The van der Waals surface area contributed by atoms with Gasteiger partial charge in [0.25, 0.3) is 0 Å². The summed E-state index contributed by atoms with van der Waals surface area (Å²) >= 11 is 0. The van der Waals surface area contributed by atoms with E-state index in [4.69, 9.17) is 4.74 Å². The highest BCUT2D eigenvalue weighted by Crippen LogP contribution is 2.25. The van der Waals surface area contributed by atoms with Crippen molar-refractivity contribution in [3.05, 3.63) is 35.4 Å². The fourth-order valence-corrected chi connectivity index (χ4v) is 3.41. The highest BCUT2D eigenvalue weighted by atomic mass is 16.5. The van der Waals surface area contributed by atoms with Gasteiger partial charge in [-0.1, -0.05) is 42.7 Å². The minimum atomic E-state index is -0.665. The highest BCUT2D eigenvalue weighted by Gasteiger charge is 2.27. The van der Waals surface area contributed by atoms with Crippen molar-refractivity contribution >= 4 is 17.8 Å². The van der Waals surface area contributed by atoms with Crippen LogP contribution in [0.4, 0.5) is 0 Å². The van der Waals surface area contributed by atoms with E-state index < -0.39 is 12.1 Å². The molecule has 0 unspecified atom stereocenters. The third-order valence-corrected chi connectivity index (χ3v) is 5.01. The van der Waals surface area contributed by atoms with Gasteiger partial charge in [0.1, 0.15) is 6.04 Å². The molecule has 28 heavy (non-hydrogen) atoms. The van der Waals surface area contributed by atoms with Crippen LogP contribution in [-0.2, 0) is 19.1 Å². The minimum absolute atomic E-state index is 0.00386. The summed E-state index contributed by atoms with van der Waals surface area (Å²) in [5, 5.41) is 5.70. The second kappa shape index (κ2) is 10.2. The van der Waals surface area contributed by atoms with Crippen molar-refractivity contribution in [1.29, 1.82) is 0 Å². The Morgan fingerprint density at radius 3 is 2.21 bits per heavy atom. The van der Waals surface area contributed by atoms with Crippen molar-refractivity contribution in [1.82, 2.24) is 10.6 Å². The first-order valence-electron chi connectivity index (χ1n) is 10.1. The quantitative estimate of drug-likeness (QED) is 0.670. The number of ether oxygens (including phenoxy) is 1. The van der Waals surface area contributed by atoms with Crippen LogP contribution in [0.15, 0.2) is 24.3 Å². The van der Waals surface area contributed by atoms with Gasteiger partial charge >= 0.3 is 5.97 Å². The number of rotatable bonds is 8. The van der Waals surface area contributed by atoms with Crippen LogP contribution in [0.1, 0.15) is 70.0 Å². The predicted octanol–water partition coefficient (Wildman–Crippen LogP) is 3.19. The summed E-state index contributed by atoms with van der Waals surface area (Å²) in [6.45, 7) is 7.22. The molecule has 1 aliphatic rings. The molecule has 2 atom stereocenters. The number of hydrogen-bond donors (Lipinski definition) is 2. The number of amides is 2. The highest BCUT2D eigenvalue weighted by molar-refractivity contribution is 5.88. The average molecular weight is 389 g/mol. The van der Waals surface area contributed by atoms with Crippen LogP contribution in [-0.4, -0.2) is 29.9 Å². The Kier molecular flexibility index (Phi) is 8.03. The average Bonchev–Trinajstić information content (AvgIpc) is 3.15. The summed E-state index contributed by atoms with van der Waals surface area (Å²) in [5.41, 5.74) is 1.92. The lowest BCUT2D eigenvalue weighted by Crippen LogP contribution is -2.47. The zero-order chi connectivity index (χ0) is 20.7. The van der Waals surface area contributed by atoms with E-state index in [1.165, 1.54) is 0 Å². The molecule has 0 aliphatic heterocycles.